The fourth-order valence-corrected chi connectivity index (χ4v) is 3.91. The number of hydrogen-bond acceptors (Lipinski definition) is 2. The Morgan fingerprint density at radius 2 is 1.54 bits per heavy atom. The maximum absolute atomic E-state index is 14.6. The van der Waals surface area contributed by atoms with Crippen LogP contribution in [0, 0.1) is 5.82 Å². The number of aryl methyl sites for hydroxylation is 1. The van der Waals surface area contributed by atoms with Crippen molar-refractivity contribution in [2.75, 3.05) is 26.2 Å². The Labute approximate surface area is 154 Å². The normalized spacial score (nSPS) is 15.4. The third-order valence-corrected chi connectivity index (χ3v) is 5.34. The summed E-state index contributed by atoms with van der Waals surface area (Å²) >= 11 is 0. The van der Waals surface area contributed by atoms with Crippen molar-refractivity contribution < 1.29 is 4.39 Å². The molecule has 0 aromatic heterocycles. The summed E-state index contributed by atoms with van der Waals surface area (Å²) in [7, 11) is 0. The van der Waals surface area contributed by atoms with Crippen molar-refractivity contribution in [1.82, 2.24) is 10.2 Å². The van der Waals surface area contributed by atoms with Crippen LogP contribution in [0.25, 0.3) is 10.8 Å². The van der Waals surface area contributed by atoms with Gasteiger partial charge in [0.05, 0.1) is 0 Å². The average molecular weight is 348 g/mol. The van der Waals surface area contributed by atoms with E-state index in [9.17, 15) is 4.39 Å². The second-order valence-corrected chi connectivity index (χ2v) is 7.04. The van der Waals surface area contributed by atoms with E-state index < -0.39 is 0 Å². The second-order valence-electron chi connectivity index (χ2n) is 7.04. The van der Waals surface area contributed by atoms with Crippen LogP contribution >= 0.6 is 0 Å². The Hall–Kier alpha value is -2.23. The van der Waals surface area contributed by atoms with Gasteiger partial charge in [-0.05, 0) is 46.4 Å². The van der Waals surface area contributed by atoms with Crippen LogP contribution in [0.4, 0.5) is 4.39 Å². The van der Waals surface area contributed by atoms with Gasteiger partial charge in [-0.2, -0.15) is 0 Å². The fourth-order valence-electron chi connectivity index (χ4n) is 3.91. The lowest BCUT2D eigenvalue weighted by Gasteiger charge is -2.28. The molecule has 0 saturated carbocycles. The highest BCUT2D eigenvalue weighted by atomic mass is 19.1. The fraction of sp³-hybridized carbons (Fsp3) is 0.304. The van der Waals surface area contributed by atoms with Gasteiger partial charge in [0.1, 0.15) is 5.82 Å². The van der Waals surface area contributed by atoms with E-state index in [1.54, 1.807) is 6.07 Å². The maximum Gasteiger partial charge on any atom is 0.126 e. The van der Waals surface area contributed by atoms with Gasteiger partial charge in [-0.1, -0.05) is 54.6 Å². The molecule has 0 amide bonds. The Morgan fingerprint density at radius 1 is 0.808 bits per heavy atom. The molecule has 134 valence electrons. The van der Waals surface area contributed by atoms with E-state index in [0.717, 1.165) is 56.7 Å². The van der Waals surface area contributed by atoms with Crippen LogP contribution < -0.4 is 5.32 Å². The summed E-state index contributed by atoms with van der Waals surface area (Å²) in [6, 6.07) is 20.4. The molecule has 3 heteroatoms. The predicted octanol–water partition coefficient (Wildman–Crippen LogP) is 4.17. The van der Waals surface area contributed by atoms with Crippen molar-refractivity contribution in [3.05, 3.63) is 83.2 Å². The lowest BCUT2D eigenvalue weighted by atomic mass is 9.95. The first-order chi connectivity index (χ1) is 12.8. The van der Waals surface area contributed by atoms with Gasteiger partial charge >= 0.3 is 0 Å². The molecule has 2 nitrogen and oxygen atoms in total. The average Bonchev–Trinajstić information content (AvgIpc) is 2.68. The smallest absolute Gasteiger partial charge is 0.126 e. The molecule has 1 N–H and O–H groups in total. The van der Waals surface area contributed by atoms with Gasteiger partial charge in [0, 0.05) is 32.7 Å². The molecule has 1 fully saturated rings. The molecule has 0 aliphatic carbocycles. The van der Waals surface area contributed by atoms with E-state index in [4.69, 9.17) is 0 Å². The Morgan fingerprint density at radius 3 is 2.42 bits per heavy atom. The van der Waals surface area contributed by atoms with Crippen LogP contribution in [0.3, 0.4) is 0 Å². The molecule has 26 heavy (non-hydrogen) atoms. The number of nitrogens with one attached hydrogen (secondary N) is 1. The van der Waals surface area contributed by atoms with E-state index in [2.05, 4.69) is 58.7 Å². The molecule has 4 rings (SSSR count). The second kappa shape index (κ2) is 7.98. The number of piperazine rings is 1. The van der Waals surface area contributed by atoms with Crippen molar-refractivity contribution >= 4 is 10.8 Å². The maximum atomic E-state index is 14.6. The van der Waals surface area contributed by atoms with E-state index >= 15 is 0 Å². The summed E-state index contributed by atoms with van der Waals surface area (Å²) in [5, 5.41) is 5.90. The van der Waals surface area contributed by atoms with E-state index in [0.29, 0.717) is 0 Å². The zero-order valence-electron chi connectivity index (χ0n) is 15.0. The molecule has 0 spiro atoms. The van der Waals surface area contributed by atoms with Gasteiger partial charge in [0.25, 0.3) is 0 Å². The zero-order chi connectivity index (χ0) is 17.8. The van der Waals surface area contributed by atoms with E-state index in [1.807, 2.05) is 6.07 Å². The zero-order valence-corrected chi connectivity index (χ0v) is 15.0. The lowest BCUT2D eigenvalue weighted by Crippen LogP contribution is -2.43. The van der Waals surface area contributed by atoms with Gasteiger partial charge in [-0.3, -0.25) is 4.90 Å². The minimum Gasteiger partial charge on any atom is -0.314 e. The Bertz CT molecular complexity index is 879. The third kappa shape index (κ3) is 3.79. The van der Waals surface area contributed by atoms with Crippen molar-refractivity contribution in [3.8, 4) is 0 Å². The van der Waals surface area contributed by atoms with E-state index in [-0.39, 0.29) is 5.82 Å². The molecule has 1 saturated heterocycles. The van der Waals surface area contributed by atoms with Gasteiger partial charge in [0.15, 0.2) is 0 Å². The third-order valence-electron chi connectivity index (χ3n) is 5.34. The van der Waals surface area contributed by atoms with Crippen molar-refractivity contribution in [2.45, 2.75) is 19.4 Å². The first kappa shape index (κ1) is 17.2. The van der Waals surface area contributed by atoms with Gasteiger partial charge in [-0.25, -0.2) is 4.39 Å². The summed E-state index contributed by atoms with van der Waals surface area (Å²) in [4.78, 5) is 2.41. The molecule has 3 aromatic rings. The molecular weight excluding hydrogens is 323 g/mol. The monoisotopic (exact) mass is 348 g/mol. The van der Waals surface area contributed by atoms with Crippen molar-refractivity contribution in [3.63, 3.8) is 0 Å². The number of hydrogen-bond donors (Lipinski definition) is 1. The molecule has 0 unspecified atom stereocenters. The minimum absolute atomic E-state index is 0.0714. The van der Waals surface area contributed by atoms with Gasteiger partial charge in [-0.15, -0.1) is 0 Å². The Balaban J connectivity index is 1.55. The number of rotatable bonds is 5. The van der Waals surface area contributed by atoms with Crippen LogP contribution in [0.2, 0.25) is 0 Å². The van der Waals surface area contributed by atoms with Crippen molar-refractivity contribution in [1.29, 1.82) is 0 Å². The van der Waals surface area contributed by atoms with Crippen LogP contribution in [0.5, 0.6) is 0 Å². The largest absolute Gasteiger partial charge is 0.314 e. The number of benzene rings is 3. The number of fused-ring (bicyclic) bond motifs is 1. The standard InChI is InChI=1S/C23H25FN2/c24-23-10-4-8-20(17-26-15-13-25-14-16-26)22(23)12-11-19-7-3-6-18-5-1-2-9-21(18)19/h1-10,25H,11-17H2. The molecule has 1 aliphatic rings. The molecule has 1 aliphatic heterocycles. The molecule has 0 atom stereocenters. The van der Waals surface area contributed by atoms with Crippen LogP contribution in [-0.2, 0) is 19.4 Å². The lowest BCUT2D eigenvalue weighted by molar-refractivity contribution is 0.232. The Kier molecular flexibility index (Phi) is 5.28. The highest BCUT2D eigenvalue weighted by molar-refractivity contribution is 5.85. The first-order valence-corrected chi connectivity index (χ1v) is 9.47. The van der Waals surface area contributed by atoms with Gasteiger partial charge in [0.2, 0.25) is 0 Å². The molecular formula is C23H25FN2. The van der Waals surface area contributed by atoms with Crippen molar-refractivity contribution in [2.24, 2.45) is 0 Å². The SMILES string of the molecule is Fc1cccc(CN2CCNCC2)c1CCc1cccc2ccccc12. The van der Waals surface area contributed by atoms with E-state index in [1.165, 1.54) is 16.3 Å². The summed E-state index contributed by atoms with van der Waals surface area (Å²) in [5.41, 5.74) is 3.30. The first-order valence-electron chi connectivity index (χ1n) is 9.47. The summed E-state index contributed by atoms with van der Waals surface area (Å²) in [6.07, 6.45) is 1.60. The van der Waals surface area contributed by atoms with Crippen LogP contribution in [0.1, 0.15) is 16.7 Å². The summed E-state index contributed by atoms with van der Waals surface area (Å²) < 4.78 is 14.6. The highest BCUT2D eigenvalue weighted by Gasteiger charge is 2.15. The molecule has 1 heterocycles. The number of nitrogens with zero attached hydrogens (tertiary/aromatic N) is 1. The molecule has 0 radical (unpaired) electrons. The number of halogens is 1. The molecule has 3 aromatic carbocycles. The predicted molar refractivity (Wildman–Crippen MR) is 106 cm³/mol. The molecule has 0 bridgehead atoms. The summed E-state index contributed by atoms with van der Waals surface area (Å²) in [5.74, 6) is -0.0714. The van der Waals surface area contributed by atoms with Gasteiger partial charge < -0.3 is 5.32 Å². The quantitative estimate of drug-likeness (QED) is 0.744. The highest BCUT2D eigenvalue weighted by Crippen LogP contribution is 2.23. The minimum atomic E-state index is -0.0714. The van der Waals surface area contributed by atoms with Crippen LogP contribution in [-0.4, -0.2) is 31.1 Å². The van der Waals surface area contributed by atoms with Crippen LogP contribution in [0.15, 0.2) is 60.7 Å². The topological polar surface area (TPSA) is 15.3 Å². The summed E-state index contributed by atoms with van der Waals surface area (Å²) in [6.45, 7) is 4.92.